The van der Waals surface area contributed by atoms with Crippen LogP contribution in [0, 0.1) is 5.92 Å². The molecule has 3 heterocycles. The molecule has 0 radical (unpaired) electrons. The smallest absolute Gasteiger partial charge is 0.243 e. The SMILES string of the molecule is CC1CCN(S(=O)(=O)c2ccc3c(c2)CCCC(=O)N3CC(=O)N2CCc3ccccc3C2)CC1. The van der Waals surface area contributed by atoms with Gasteiger partial charge in [-0.15, -0.1) is 0 Å². The van der Waals surface area contributed by atoms with Crippen LogP contribution in [0.2, 0.25) is 0 Å². The fourth-order valence-corrected chi connectivity index (χ4v) is 6.90. The van der Waals surface area contributed by atoms with Crippen LogP contribution in [-0.4, -0.2) is 55.6 Å². The third-order valence-corrected chi connectivity index (χ3v) is 9.53. The summed E-state index contributed by atoms with van der Waals surface area (Å²) in [6.45, 7) is 4.40. The zero-order chi connectivity index (χ0) is 24.6. The first kappa shape index (κ1) is 24.0. The molecule has 1 fully saturated rings. The minimum Gasteiger partial charge on any atom is -0.336 e. The van der Waals surface area contributed by atoms with Crippen LogP contribution in [0.25, 0.3) is 0 Å². The predicted molar refractivity (Wildman–Crippen MR) is 134 cm³/mol. The topological polar surface area (TPSA) is 78.0 Å². The predicted octanol–water partition coefficient (Wildman–Crippen LogP) is 3.36. The van der Waals surface area contributed by atoms with Gasteiger partial charge in [-0.3, -0.25) is 9.59 Å². The summed E-state index contributed by atoms with van der Waals surface area (Å²) in [6.07, 6.45) is 4.15. The third kappa shape index (κ3) is 4.86. The lowest BCUT2D eigenvalue weighted by atomic mass is 10.00. The normalized spacial score (nSPS) is 19.7. The highest BCUT2D eigenvalue weighted by molar-refractivity contribution is 7.89. The molecule has 2 aromatic rings. The molecule has 0 aliphatic carbocycles. The Kier molecular flexibility index (Phi) is 6.68. The quantitative estimate of drug-likeness (QED) is 0.652. The van der Waals surface area contributed by atoms with Gasteiger partial charge in [-0.2, -0.15) is 4.31 Å². The summed E-state index contributed by atoms with van der Waals surface area (Å²) in [6, 6.07) is 13.2. The van der Waals surface area contributed by atoms with Gasteiger partial charge < -0.3 is 9.80 Å². The highest BCUT2D eigenvalue weighted by Crippen LogP contribution is 2.32. The number of hydrogen-bond donors (Lipinski definition) is 0. The fourth-order valence-electron chi connectivity index (χ4n) is 5.38. The van der Waals surface area contributed by atoms with Crippen LogP contribution >= 0.6 is 0 Å². The van der Waals surface area contributed by atoms with Crippen molar-refractivity contribution < 1.29 is 18.0 Å². The van der Waals surface area contributed by atoms with Crippen molar-refractivity contribution >= 4 is 27.5 Å². The lowest BCUT2D eigenvalue weighted by molar-refractivity contribution is -0.132. The second-order valence-electron chi connectivity index (χ2n) is 10.0. The maximum atomic E-state index is 13.3. The van der Waals surface area contributed by atoms with E-state index in [0.717, 1.165) is 30.4 Å². The highest BCUT2D eigenvalue weighted by atomic mass is 32.2. The number of anilines is 1. The van der Waals surface area contributed by atoms with Crippen molar-refractivity contribution in [1.82, 2.24) is 9.21 Å². The van der Waals surface area contributed by atoms with Gasteiger partial charge in [0, 0.05) is 38.3 Å². The molecule has 0 spiro atoms. The van der Waals surface area contributed by atoms with Crippen molar-refractivity contribution in [1.29, 1.82) is 0 Å². The van der Waals surface area contributed by atoms with Crippen LogP contribution in [0.3, 0.4) is 0 Å². The van der Waals surface area contributed by atoms with E-state index in [4.69, 9.17) is 0 Å². The van der Waals surface area contributed by atoms with Gasteiger partial charge in [-0.1, -0.05) is 31.2 Å². The van der Waals surface area contributed by atoms with E-state index >= 15 is 0 Å². The summed E-state index contributed by atoms with van der Waals surface area (Å²) in [5.74, 6) is 0.369. The van der Waals surface area contributed by atoms with Crippen molar-refractivity contribution in [2.45, 2.75) is 56.9 Å². The Morgan fingerprint density at radius 2 is 1.69 bits per heavy atom. The standard InChI is InChI=1S/C27H33N3O4S/c1-20-11-15-29(16-12-20)35(33,34)24-9-10-25-22(17-24)7-4-8-26(31)30(25)19-27(32)28-14-13-21-5-2-3-6-23(21)18-28/h2-3,5-6,9-10,17,20H,4,7-8,11-16,18-19H2,1H3. The van der Waals surface area contributed by atoms with Crippen LogP contribution in [0.5, 0.6) is 0 Å². The van der Waals surface area contributed by atoms with E-state index in [-0.39, 0.29) is 23.3 Å². The van der Waals surface area contributed by atoms with Gasteiger partial charge in [-0.25, -0.2) is 8.42 Å². The van der Waals surface area contributed by atoms with Gasteiger partial charge in [0.05, 0.1) is 4.90 Å². The number of aryl methyl sites for hydroxylation is 1. The average molecular weight is 496 g/mol. The van der Waals surface area contributed by atoms with Crippen molar-refractivity contribution in [2.24, 2.45) is 5.92 Å². The van der Waals surface area contributed by atoms with E-state index in [1.54, 1.807) is 27.4 Å². The molecule has 0 N–H and O–H groups in total. The lowest BCUT2D eigenvalue weighted by Crippen LogP contribution is -2.44. The maximum absolute atomic E-state index is 13.3. The monoisotopic (exact) mass is 495 g/mol. The molecular formula is C27H33N3O4S. The third-order valence-electron chi connectivity index (χ3n) is 7.64. The highest BCUT2D eigenvalue weighted by Gasteiger charge is 2.31. The van der Waals surface area contributed by atoms with Gasteiger partial charge in [-0.05, 0) is 72.9 Å². The minimum atomic E-state index is -3.58. The number of carbonyl (C=O) groups is 2. The van der Waals surface area contributed by atoms with Gasteiger partial charge in [0.1, 0.15) is 6.54 Å². The second-order valence-corrected chi connectivity index (χ2v) is 12.0. The largest absolute Gasteiger partial charge is 0.336 e. The van der Waals surface area contributed by atoms with Crippen molar-refractivity contribution in [3.8, 4) is 0 Å². The lowest BCUT2D eigenvalue weighted by Gasteiger charge is -2.32. The van der Waals surface area contributed by atoms with E-state index in [9.17, 15) is 18.0 Å². The molecule has 3 aliphatic rings. The Morgan fingerprint density at radius 1 is 0.943 bits per heavy atom. The molecule has 0 atom stereocenters. The van der Waals surface area contributed by atoms with Crippen LogP contribution in [-0.2, 0) is 39.0 Å². The van der Waals surface area contributed by atoms with Gasteiger partial charge in [0.15, 0.2) is 0 Å². The zero-order valence-electron chi connectivity index (χ0n) is 20.3. The Balaban J connectivity index is 1.37. The summed E-state index contributed by atoms with van der Waals surface area (Å²) < 4.78 is 28.1. The van der Waals surface area contributed by atoms with E-state index in [1.807, 2.05) is 23.1 Å². The average Bonchev–Trinajstić information content (AvgIpc) is 3.02. The Hall–Kier alpha value is -2.71. The molecule has 3 aliphatic heterocycles. The van der Waals surface area contributed by atoms with E-state index in [0.29, 0.717) is 57.0 Å². The van der Waals surface area contributed by atoms with Crippen LogP contribution < -0.4 is 4.90 Å². The number of benzene rings is 2. The van der Waals surface area contributed by atoms with Crippen LogP contribution in [0.4, 0.5) is 5.69 Å². The number of fused-ring (bicyclic) bond motifs is 2. The number of piperidine rings is 1. The molecule has 186 valence electrons. The Labute approximate surface area is 207 Å². The van der Waals surface area contributed by atoms with Crippen LogP contribution in [0.15, 0.2) is 47.4 Å². The first-order valence-corrected chi connectivity index (χ1v) is 14.0. The molecule has 0 unspecified atom stereocenters. The van der Waals surface area contributed by atoms with Crippen molar-refractivity contribution in [2.75, 3.05) is 31.1 Å². The van der Waals surface area contributed by atoms with Crippen molar-refractivity contribution in [3.63, 3.8) is 0 Å². The fraction of sp³-hybridized carbons (Fsp3) is 0.481. The molecule has 0 aromatic heterocycles. The Morgan fingerprint density at radius 3 is 2.46 bits per heavy atom. The molecule has 0 saturated carbocycles. The number of sulfonamides is 1. The molecule has 8 heteroatoms. The van der Waals surface area contributed by atoms with Gasteiger partial charge >= 0.3 is 0 Å². The molecule has 5 rings (SSSR count). The zero-order valence-corrected chi connectivity index (χ0v) is 21.1. The number of rotatable bonds is 4. The summed E-state index contributed by atoms with van der Waals surface area (Å²) >= 11 is 0. The molecule has 2 aromatic carbocycles. The molecule has 35 heavy (non-hydrogen) atoms. The molecule has 1 saturated heterocycles. The van der Waals surface area contributed by atoms with Gasteiger partial charge in [0.2, 0.25) is 21.8 Å². The van der Waals surface area contributed by atoms with E-state index in [2.05, 4.69) is 13.0 Å². The first-order chi connectivity index (χ1) is 16.8. The molecular weight excluding hydrogens is 462 g/mol. The number of amides is 2. The molecule has 7 nitrogen and oxygen atoms in total. The van der Waals surface area contributed by atoms with E-state index in [1.165, 1.54) is 5.56 Å². The second kappa shape index (κ2) is 9.74. The Bertz CT molecular complexity index is 1230. The number of hydrogen-bond acceptors (Lipinski definition) is 4. The molecule has 2 amide bonds. The van der Waals surface area contributed by atoms with Gasteiger partial charge in [0.25, 0.3) is 0 Å². The number of nitrogens with zero attached hydrogens (tertiary/aromatic N) is 3. The van der Waals surface area contributed by atoms with Crippen LogP contribution in [0.1, 0.15) is 49.3 Å². The summed E-state index contributed by atoms with van der Waals surface area (Å²) in [4.78, 5) is 29.9. The summed E-state index contributed by atoms with van der Waals surface area (Å²) in [5, 5.41) is 0. The van der Waals surface area contributed by atoms with Crippen molar-refractivity contribution in [3.05, 3.63) is 59.2 Å². The molecule has 0 bridgehead atoms. The summed E-state index contributed by atoms with van der Waals surface area (Å²) in [5.41, 5.74) is 3.89. The minimum absolute atomic E-state index is 0.0237. The maximum Gasteiger partial charge on any atom is 0.243 e. The van der Waals surface area contributed by atoms with E-state index < -0.39 is 10.0 Å². The number of carbonyl (C=O) groups excluding carboxylic acids is 2. The first-order valence-electron chi connectivity index (χ1n) is 12.6. The summed E-state index contributed by atoms with van der Waals surface area (Å²) in [7, 11) is -3.58.